The van der Waals surface area contributed by atoms with Gasteiger partial charge in [0.15, 0.2) is 15.1 Å². The number of rotatable bonds is 8. The van der Waals surface area contributed by atoms with Crippen molar-refractivity contribution in [3.8, 4) is 5.75 Å². The number of hydrogen-bond acceptors (Lipinski definition) is 10. The van der Waals surface area contributed by atoms with Crippen LogP contribution in [0.5, 0.6) is 5.75 Å². The largest absolute Gasteiger partial charge is 0.482 e. The number of alkyl halides is 3. The molecule has 3 N–H and O–H groups in total. The zero-order chi connectivity index (χ0) is 29.3. The monoisotopic (exact) mass is 596 g/mol. The number of anilines is 5. The van der Waals surface area contributed by atoms with Gasteiger partial charge in [0.05, 0.1) is 40.8 Å². The molecular formula is C27H24F3N8O3P. The van der Waals surface area contributed by atoms with Crippen molar-refractivity contribution in [1.29, 1.82) is 0 Å². The molecule has 3 aromatic heterocycles. The fourth-order valence-electron chi connectivity index (χ4n) is 4.75. The highest BCUT2D eigenvalue weighted by atomic mass is 31.1. The minimum atomic E-state index is -4.53. The fourth-order valence-corrected chi connectivity index (χ4v) is 5.24. The van der Waals surface area contributed by atoms with Crippen molar-refractivity contribution in [3.63, 3.8) is 0 Å². The molecule has 1 aliphatic rings. The van der Waals surface area contributed by atoms with Crippen LogP contribution in [0, 0.1) is 6.92 Å². The van der Waals surface area contributed by atoms with Crippen LogP contribution in [0.25, 0.3) is 22.1 Å². The third kappa shape index (κ3) is 5.76. The molecule has 2 aromatic carbocycles. The van der Waals surface area contributed by atoms with E-state index in [0.717, 1.165) is 11.3 Å². The normalized spacial score (nSPS) is 14.0. The molecule has 0 atom stereocenters. The third-order valence-corrected chi connectivity index (χ3v) is 7.30. The molecule has 1 aliphatic heterocycles. The summed E-state index contributed by atoms with van der Waals surface area (Å²) in [5, 5.41) is 7.29. The molecule has 42 heavy (non-hydrogen) atoms. The van der Waals surface area contributed by atoms with E-state index < -0.39 is 12.8 Å². The molecule has 0 radical (unpaired) electrons. The van der Waals surface area contributed by atoms with Gasteiger partial charge in [-0.1, -0.05) is 0 Å². The van der Waals surface area contributed by atoms with Gasteiger partial charge in [-0.15, -0.1) is 0 Å². The summed E-state index contributed by atoms with van der Waals surface area (Å²) in [4.78, 5) is 22.8. The van der Waals surface area contributed by atoms with Gasteiger partial charge in [0.2, 0.25) is 5.95 Å². The first-order valence-electron chi connectivity index (χ1n) is 12.9. The molecule has 0 bridgehead atoms. The number of ether oxygens (including phenoxy) is 2. The topological polar surface area (TPSA) is 130 Å². The third-order valence-electron chi connectivity index (χ3n) is 6.66. The quantitative estimate of drug-likeness (QED) is 0.201. The van der Waals surface area contributed by atoms with E-state index in [4.69, 9.17) is 9.47 Å². The van der Waals surface area contributed by atoms with Crippen molar-refractivity contribution in [2.75, 3.05) is 48.4 Å². The van der Waals surface area contributed by atoms with Crippen LogP contribution in [0.3, 0.4) is 0 Å². The van der Waals surface area contributed by atoms with Gasteiger partial charge in [0, 0.05) is 43.4 Å². The maximum atomic E-state index is 13.2. The molecule has 0 saturated carbocycles. The lowest BCUT2D eigenvalue weighted by atomic mass is 10.1. The molecule has 0 spiro atoms. The molecule has 11 nitrogen and oxygen atoms in total. The summed E-state index contributed by atoms with van der Waals surface area (Å²) >= 11 is 0. The van der Waals surface area contributed by atoms with Gasteiger partial charge in [-0.25, -0.2) is 0 Å². The predicted octanol–water partition coefficient (Wildman–Crippen LogP) is 5.39. The highest BCUT2D eigenvalue weighted by Gasteiger charge is 2.29. The highest BCUT2D eigenvalue weighted by Crippen LogP contribution is 2.37. The zero-order valence-corrected chi connectivity index (χ0v) is 23.1. The van der Waals surface area contributed by atoms with Crippen LogP contribution in [0.1, 0.15) is 5.56 Å². The van der Waals surface area contributed by atoms with E-state index in [9.17, 15) is 17.7 Å². The van der Waals surface area contributed by atoms with E-state index in [1.807, 2.05) is 11.8 Å². The lowest BCUT2D eigenvalue weighted by Gasteiger charge is -2.31. The SMILES string of the molecule is Cc1cc(Nc2nc(Nc3ccc4nccnc4c3P=O)c3cc[nH]c3n2)c(OCC(F)(F)F)cc1N1CCOCC1. The number of morpholine rings is 1. The van der Waals surface area contributed by atoms with E-state index >= 15 is 0 Å². The molecular weight excluding hydrogens is 572 g/mol. The van der Waals surface area contributed by atoms with Crippen LogP contribution in [0.15, 0.2) is 48.9 Å². The Labute approximate surface area is 238 Å². The number of H-pyrrole nitrogens is 1. The zero-order valence-electron chi connectivity index (χ0n) is 22.2. The average Bonchev–Trinajstić information content (AvgIpc) is 3.46. The van der Waals surface area contributed by atoms with Gasteiger partial charge in [-0.2, -0.15) is 23.1 Å². The standard InChI is InChI=1S/C27H24F3N8O3P/c1-15-12-19(21(41-14-27(28,29)30)13-20(15)38-8-10-40-11-9-38)35-26-36-24-16(4-5-33-24)25(37-26)34-18-3-2-17-22(23(18)42-39)32-7-6-31-17/h2-7,12-13H,8-11,14H2,1H3,(H3,33,34,35,36,37). The van der Waals surface area contributed by atoms with Crippen LogP contribution < -0.4 is 25.6 Å². The number of nitrogens with one attached hydrogen (secondary N) is 3. The molecule has 4 heterocycles. The molecule has 0 amide bonds. The maximum Gasteiger partial charge on any atom is 0.422 e. The van der Waals surface area contributed by atoms with Gasteiger partial charge in [0.25, 0.3) is 0 Å². The fraction of sp³-hybridized carbons (Fsp3) is 0.259. The Morgan fingerprint density at radius 1 is 1.07 bits per heavy atom. The first-order valence-corrected chi connectivity index (χ1v) is 13.7. The predicted molar refractivity (Wildman–Crippen MR) is 153 cm³/mol. The van der Waals surface area contributed by atoms with Crippen LogP contribution in [0.2, 0.25) is 0 Å². The van der Waals surface area contributed by atoms with E-state index in [-0.39, 0.29) is 25.8 Å². The number of hydrogen-bond donors (Lipinski definition) is 3. The Bertz CT molecular complexity index is 1780. The number of aryl methyl sites for hydroxylation is 1. The van der Waals surface area contributed by atoms with Crippen molar-refractivity contribution in [2.45, 2.75) is 13.1 Å². The molecule has 0 unspecified atom stereocenters. The van der Waals surface area contributed by atoms with Crippen LogP contribution in [0.4, 0.5) is 42.0 Å². The first-order chi connectivity index (χ1) is 20.3. The van der Waals surface area contributed by atoms with E-state index in [1.165, 1.54) is 6.20 Å². The van der Waals surface area contributed by atoms with Gasteiger partial charge < -0.3 is 30.0 Å². The summed E-state index contributed by atoms with van der Waals surface area (Å²) in [6, 6.07) is 8.55. The number of benzene rings is 2. The van der Waals surface area contributed by atoms with Crippen molar-refractivity contribution in [3.05, 3.63) is 54.5 Å². The van der Waals surface area contributed by atoms with Crippen LogP contribution >= 0.6 is 8.46 Å². The number of fused-ring (bicyclic) bond motifs is 2. The lowest BCUT2D eigenvalue weighted by Crippen LogP contribution is -2.36. The van der Waals surface area contributed by atoms with Crippen molar-refractivity contribution >= 4 is 64.7 Å². The molecule has 216 valence electrons. The summed E-state index contributed by atoms with van der Waals surface area (Å²) < 4.78 is 62.3. The molecule has 1 saturated heterocycles. The minimum Gasteiger partial charge on any atom is -0.482 e. The van der Waals surface area contributed by atoms with Gasteiger partial charge in [-0.05, 0) is 36.8 Å². The summed E-state index contributed by atoms with van der Waals surface area (Å²) in [5.74, 6) is 0.477. The van der Waals surface area contributed by atoms with Crippen LogP contribution in [-0.2, 0) is 9.30 Å². The molecule has 5 aromatic rings. The Kier molecular flexibility index (Phi) is 7.48. The van der Waals surface area contributed by atoms with Gasteiger partial charge in [0.1, 0.15) is 22.7 Å². The summed E-state index contributed by atoms with van der Waals surface area (Å²) in [6.07, 6.45) is 0.226. The van der Waals surface area contributed by atoms with E-state index in [0.29, 0.717) is 65.2 Å². The van der Waals surface area contributed by atoms with Crippen LogP contribution in [-0.4, -0.2) is 64.0 Å². The van der Waals surface area contributed by atoms with E-state index in [1.54, 1.807) is 42.7 Å². The maximum absolute atomic E-state index is 13.2. The number of aromatic amines is 1. The van der Waals surface area contributed by atoms with Crippen molar-refractivity contribution in [1.82, 2.24) is 24.9 Å². The lowest BCUT2D eigenvalue weighted by molar-refractivity contribution is -0.153. The van der Waals surface area contributed by atoms with Gasteiger partial charge >= 0.3 is 6.18 Å². The van der Waals surface area contributed by atoms with Gasteiger partial charge in [-0.3, -0.25) is 14.5 Å². The van der Waals surface area contributed by atoms with Crippen molar-refractivity contribution < 1.29 is 27.2 Å². The molecule has 15 heteroatoms. The Morgan fingerprint density at radius 3 is 2.67 bits per heavy atom. The molecule has 1 fully saturated rings. The number of halogens is 3. The summed E-state index contributed by atoms with van der Waals surface area (Å²) in [6.45, 7) is 2.68. The number of nitrogens with zero attached hydrogens (tertiary/aromatic N) is 5. The summed E-state index contributed by atoms with van der Waals surface area (Å²) in [5.41, 5.74) is 3.87. The summed E-state index contributed by atoms with van der Waals surface area (Å²) in [7, 11) is -0.268. The molecule has 6 rings (SSSR count). The minimum absolute atomic E-state index is 0.00431. The highest BCUT2D eigenvalue weighted by molar-refractivity contribution is 7.35. The number of aromatic nitrogens is 5. The Hall–Kier alpha value is -4.55. The van der Waals surface area contributed by atoms with E-state index in [2.05, 4.69) is 35.6 Å². The second-order valence-corrected chi connectivity index (χ2v) is 10.1. The second kappa shape index (κ2) is 11.4. The average molecular weight is 597 g/mol. The second-order valence-electron chi connectivity index (χ2n) is 9.50. The Morgan fingerprint density at radius 2 is 1.88 bits per heavy atom. The first kappa shape index (κ1) is 27.6. The molecule has 0 aliphatic carbocycles. The smallest absolute Gasteiger partial charge is 0.422 e. The van der Waals surface area contributed by atoms with Crippen molar-refractivity contribution in [2.24, 2.45) is 0 Å². The Balaban J connectivity index is 1.38.